The van der Waals surface area contributed by atoms with Crippen LogP contribution in [0.15, 0.2) is 39.3 Å². The molecule has 0 bridgehead atoms. The van der Waals surface area contributed by atoms with Crippen LogP contribution in [0, 0.1) is 6.92 Å². The number of ketones is 1. The number of ether oxygens (including phenoxy) is 1. The summed E-state index contributed by atoms with van der Waals surface area (Å²) in [5.41, 5.74) is 8.34. The molecule has 0 radical (unpaired) electrons. The van der Waals surface area contributed by atoms with Gasteiger partial charge in [0.25, 0.3) is 0 Å². The number of anilines is 1. The molecular weight excluding hydrogens is 386 g/mol. The van der Waals surface area contributed by atoms with Crippen molar-refractivity contribution in [1.29, 1.82) is 0 Å². The molecule has 0 heterocycles. The zero-order chi connectivity index (χ0) is 14.9. The SMILES string of the molecule is COc1ccc(N)cc1C(=O)c1cc(Br)c(C)cc1Br. The van der Waals surface area contributed by atoms with Gasteiger partial charge in [-0.05, 0) is 42.8 Å². The number of methoxy groups -OCH3 is 1. The van der Waals surface area contributed by atoms with E-state index < -0.39 is 0 Å². The van der Waals surface area contributed by atoms with Gasteiger partial charge >= 0.3 is 0 Å². The zero-order valence-corrected chi connectivity index (χ0v) is 14.2. The third kappa shape index (κ3) is 2.88. The lowest BCUT2D eigenvalue weighted by molar-refractivity contribution is 0.103. The molecule has 2 N–H and O–H groups in total. The van der Waals surface area contributed by atoms with Gasteiger partial charge in [-0.15, -0.1) is 0 Å². The Kier molecular flexibility index (Phi) is 4.50. The van der Waals surface area contributed by atoms with Crippen molar-refractivity contribution in [2.24, 2.45) is 0 Å². The average molecular weight is 399 g/mol. The molecule has 2 aromatic carbocycles. The predicted molar refractivity (Wildman–Crippen MR) is 87.4 cm³/mol. The Bertz CT molecular complexity index is 684. The Morgan fingerprint density at radius 3 is 2.45 bits per heavy atom. The van der Waals surface area contributed by atoms with Crippen molar-refractivity contribution in [1.82, 2.24) is 0 Å². The van der Waals surface area contributed by atoms with E-state index in [9.17, 15) is 4.79 Å². The van der Waals surface area contributed by atoms with Gasteiger partial charge in [0, 0.05) is 20.2 Å². The number of carbonyl (C=O) groups excluding carboxylic acids is 1. The Hall–Kier alpha value is -1.33. The minimum atomic E-state index is -0.137. The molecule has 0 unspecified atom stereocenters. The highest BCUT2D eigenvalue weighted by atomic mass is 79.9. The van der Waals surface area contributed by atoms with Gasteiger partial charge < -0.3 is 10.5 Å². The summed E-state index contributed by atoms with van der Waals surface area (Å²) in [6, 6.07) is 8.72. The number of nitrogens with two attached hydrogens (primary N) is 1. The lowest BCUT2D eigenvalue weighted by Crippen LogP contribution is -2.06. The molecule has 0 amide bonds. The van der Waals surface area contributed by atoms with Crippen molar-refractivity contribution in [3.05, 3.63) is 56.0 Å². The van der Waals surface area contributed by atoms with Crippen LogP contribution in [-0.2, 0) is 0 Å². The molecule has 2 rings (SSSR count). The van der Waals surface area contributed by atoms with Crippen molar-refractivity contribution >= 4 is 43.3 Å². The van der Waals surface area contributed by atoms with E-state index >= 15 is 0 Å². The molecule has 104 valence electrons. The van der Waals surface area contributed by atoms with Gasteiger partial charge in [-0.3, -0.25) is 4.79 Å². The first-order valence-electron chi connectivity index (χ1n) is 5.88. The number of carbonyl (C=O) groups is 1. The fourth-order valence-electron chi connectivity index (χ4n) is 1.87. The van der Waals surface area contributed by atoms with Crippen molar-refractivity contribution in [2.75, 3.05) is 12.8 Å². The Morgan fingerprint density at radius 1 is 1.10 bits per heavy atom. The molecule has 5 heteroatoms. The van der Waals surface area contributed by atoms with Crippen molar-refractivity contribution in [3.8, 4) is 5.75 Å². The first-order chi connectivity index (χ1) is 9.43. The number of rotatable bonds is 3. The van der Waals surface area contributed by atoms with Crippen LogP contribution in [-0.4, -0.2) is 12.9 Å². The average Bonchev–Trinajstić information content (AvgIpc) is 2.42. The number of hydrogen-bond acceptors (Lipinski definition) is 3. The van der Waals surface area contributed by atoms with Gasteiger partial charge in [-0.25, -0.2) is 0 Å². The maximum atomic E-state index is 12.7. The highest BCUT2D eigenvalue weighted by Crippen LogP contribution is 2.30. The standard InChI is InChI=1S/C15H13Br2NO2/c1-8-5-13(17)10(7-12(8)16)15(19)11-6-9(18)3-4-14(11)20-2/h3-7H,18H2,1-2H3. The second-order valence-electron chi connectivity index (χ2n) is 4.37. The van der Waals surface area contributed by atoms with E-state index in [1.165, 1.54) is 7.11 Å². The maximum Gasteiger partial charge on any atom is 0.198 e. The summed E-state index contributed by atoms with van der Waals surface area (Å²) < 4.78 is 6.86. The van der Waals surface area contributed by atoms with Gasteiger partial charge in [-0.1, -0.05) is 31.9 Å². The zero-order valence-electron chi connectivity index (χ0n) is 11.0. The monoisotopic (exact) mass is 397 g/mol. The highest BCUT2D eigenvalue weighted by Gasteiger charge is 2.18. The number of benzene rings is 2. The number of hydrogen-bond donors (Lipinski definition) is 1. The van der Waals surface area contributed by atoms with Gasteiger partial charge in [0.1, 0.15) is 5.75 Å². The second kappa shape index (κ2) is 5.97. The van der Waals surface area contributed by atoms with Crippen LogP contribution >= 0.6 is 31.9 Å². The van der Waals surface area contributed by atoms with Gasteiger partial charge in [0.15, 0.2) is 5.78 Å². The van der Waals surface area contributed by atoms with Crippen LogP contribution in [0.3, 0.4) is 0 Å². The Labute approximate surface area is 134 Å². The molecule has 0 aliphatic carbocycles. The van der Waals surface area contributed by atoms with E-state index in [0.717, 1.165) is 14.5 Å². The molecule has 0 aromatic heterocycles. The smallest absolute Gasteiger partial charge is 0.198 e. The molecule has 20 heavy (non-hydrogen) atoms. The van der Waals surface area contributed by atoms with Crippen LogP contribution in [0.1, 0.15) is 21.5 Å². The summed E-state index contributed by atoms with van der Waals surface area (Å²) in [6.07, 6.45) is 0. The topological polar surface area (TPSA) is 52.3 Å². The van der Waals surface area contributed by atoms with E-state index in [0.29, 0.717) is 22.6 Å². The van der Waals surface area contributed by atoms with E-state index in [1.807, 2.05) is 13.0 Å². The second-order valence-corrected chi connectivity index (χ2v) is 6.08. The largest absolute Gasteiger partial charge is 0.496 e. The molecule has 0 saturated heterocycles. The number of nitrogen functional groups attached to an aromatic ring is 1. The number of halogens is 2. The Balaban J connectivity index is 2.57. The summed E-state index contributed by atoms with van der Waals surface area (Å²) in [7, 11) is 1.53. The van der Waals surface area contributed by atoms with Crippen molar-refractivity contribution < 1.29 is 9.53 Å². The van der Waals surface area contributed by atoms with Gasteiger partial charge in [-0.2, -0.15) is 0 Å². The van der Waals surface area contributed by atoms with E-state index in [2.05, 4.69) is 31.9 Å². The summed E-state index contributed by atoms with van der Waals surface area (Å²) in [4.78, 5) is 12.7. The first-order valence-corrected chi connectivity index (χ1v) is 7.46. The fourth-order valence-corrected chi connectivity index (χ4v) is 2.85. The quantitative estimate of drug-likeness (QED) is 0.617. The molecule has 3 nitrogen and oxygen atoms in total. The number of aryl methyl sites for hydroxylation is 1. The third-order valence-corrected chi connectivity index (χ3v) is 4.47. The predicted octanol–water partition coefficient (Wildman–Crippen LogP) is 4.34. The molecule has 0 atom stereocenters. The molecule has 0 spiro atoms. The minimum Gasteiger partial charge on any atom is -0.496 e. The van der Waals surface area contributed by atoms with Crippen LogP contribution in [0.4, 0.5) is 5.69 Å². The lowest BCUT2D eigenvalue weighted by atomic mass is 10.0. The molecule has 2 aromatic rings. The highest BCUT2D eigenvalue weighted by molar-refractivity contribution is 9.11. The molecule has 0 fully saturated rings. The van der Waals surface area contributed by atoms with E-state index in [-0.39, 0.29) is 5.78 Å². The fraction of sp³-hybridized carbons (Fsp3) is 0.133. The summed E-state index contributed by atoms with van der Waals surface area (Å²) in [5, 5.41) is 0. The summed E-state index contributed by atoms with van der Waals surface area (Å²) in [6.45, 7) is 1.96. The van der Waals surface area contributed by atoms with Crippen LogP contribution in [0.25, 0.3) is 0 Å². The van der Waals surface area contributed by atoms with Crippen molar-refractivity contribution in [3.63, 3.8) is 0 Å². The van der Waals surface area contributed by atoms with Gasteiger partial charge in [0.05, 0.1) is 12.7 Å². The minimum absolute atomic E-state index is 0.137. The lowest BCUT2D eigenvalue weighted by Gasteiger charge is -2.11. The third-order valence-electron chi connectivity index (χ3n) is 2.96. The molecular formula is C15H13Br2NO2. The summed E-state index contributed by atoms with van der Waals surface area (Å²) >= 11 is 6.87. The van der Waals surface area contributed by atoms with Crippen molar-refractivity contribution in [2.45, 2.75) is 6.92 Å². The first kappa shape index (κ1) is 15.1. The van der Waals surface area contributed by atoms with E-state index in [1.54, 1.807) is 24.3 Å². The summed E-state index contributed by atoms with van der Waals surface area (Å²) in [5.74, 6) is 0.370. The molecule has 0 aliphatic rings. The van der Waals surface area contributed by atoms with Gasteiger partial charge in [0.2, 0.25) is 0 Å². The van der Waals surface area contributed by atoms with Crippen LogP contribution in [0.5, 0.6) is 5.75 Å². The maximum absolute atomic E-state index is 12.7. The Morgan fingerprint density at radius 2 is 1.80 bits per heavy atom. The van der Waals surface area contributed by atoms with Crippen LogP contribution in [0.2, 0.25) is 0 Å². The van der Waals surface area contributed by atoms with E-state index in [4.69, 9.17) is 10.5 Å². The van der Waals surface area contributed by atoms with Crippen LogP contribution < -0.4 is 10.5 Å². The molecule has 0 aliphatic heterocycles. The molecule has 0 saturated carbocycles. The normalized spacial score (nSPS) is 10.4.